The third-order valence-electron chi connectivity index (χ3n) is 3.55. The van der Waals surface area contributed by atoms with Crippen molar-refractivity contribution >= 4 is 0 Å². The first-order valence-corrected chi connectivity index (χ1v) is 6.35. The summed E-state index contributed by atoms with van der Waals surface area (Å²) >= 11 is 0. The molecule has 0 N–H and O–H groups in total. The van der Waals surface area contributed by atoms with Crippen molar-refractivity contribution in [1.29, 1.82) is 0 Å². The van der Waals surface area contributed by atoms with Gasteiger partial charge in [-0.3, -0.25) is 0 Å². The molecular formula is C15H18F2. The summed E-state index contributed by atoms with van der Waals surface area (Å²) in [5.74, 6) is 0.686. The van der Waals surface area contributed by atoms with Gasteiger partial charge < -0.3 is 0 Å². The van der Waals surface area contributed by atoms with Crippen LogP contribution < -0.4 is 0 Å². The molecule has 1 aromatic rings. The molecule has 0 unspecified atom stereocenters. The van der Waals surface area contributed by atoms with E-state index >= 15 is 0 Å². The lowest BCUT2D eigenvalue weighted by molar-refractivity contribution is 0.418. The molecule has 0 saturated heterocycles. The highest BCUT2D eigenvalue weighted by Crippen LogP contribution is 2.32. The largest absolute Gasteiger partial charge is 0.266 e. The molecule has 0 aromatic heterocycles. The summed E-state index contributed by atoms with van der Waals surface area (Å²) in [4.78, 5) is 0. The lowest BCUT2D eigenvalue weighted by Gasteiger charge is -2.22. The summed E-state index contributed by atoms with van der Waals surface area (Å²) in [6.45, 7) is 0. The Morgan fingerprint density at radius 3 is 2.29 bits per heavy atom. The van der Waals surface area contributed by atoms with E-state index in [0.717, 1.165) is 11.6 Å². The van der Waals surface area contributed by atoms with Gasteiger partial charge in [-0.05, 0) is 42.4 Å². The molecule has 0 atom stereocenters. The van der Waals surface area contributed by atoms with Crippen molar-refractivity contribution < 1.29 is 8.78 Å². The normalized spacial score (nSPS) is 16.8. The van der Waals surface area contributed by atoms with E-state index in [1.165, 1.54) is 37.7 Å². The van der Waals surface area contributed by atoms with Gasteiger partial charge in [0.25, 0.3) is 6.08 Å². The average molecular weight is 236 g/mol. The Balaban J connectivity index is 1.99. The Morgan fingerprint density at radius 2 is 1.71 bits per heavy atom. The van der Waals surface area contributed by atoms with E-state index in [2.05, 4.69) is 12.1 Å². The maximum atomic E-state index is 12.0. The van der Waals surface area contributed by atoms with Crippen molar-refractivity contribution in [1.82, 2.24) is 0 Å². The Morgan fingerprint density at radius 1 is 1.06 bits per heavy atom. The van der Waals surface area contributed by atoms with Crippen molar-refractivity contribution in [2.24, 2.45) is 0 Å². The first-order chi connectivity index (χ1) is 8.25. The molecule has 1 aliphatic carbocycles. The first-order valence-electron chi connectivity index (χ1n) is 6.35. The molecule has 17 heavy (non-hydrogen) atoms. The number of allylic oxidation sites excluding steroid dienone is 1. The van der Waals surface area contributed by atoms with Crippen LogP contribution in [0.2, 0.25) is 0 Å². The van der Waals surface area contributed by atoms with Gasteiger partial charge >= 0.3 is 0 Å². The highest BCUT2D eigenvalue weighted by molar-refractivity contribution is 5.27. The monoisotopic (exact) mass is 236 g/mol. The minimum atomic E-state index is -1.60. The zero-order valence-corrected chi connectivity index (χ0v) is 9.96. The molecule has 2 heteroatoms. The van der Waals surface area contributed by atoms with Crippen molar-refractivity contribution in [3.8, 4) is 0 Å². The molecule has 0 bridgehead atoms. The molecule has 0 amide bonds. The fourth-order valence-corrected chi connectivity index (χ4v) is 2.56. The van der Waals surface area contributed by atoms with E-state index in [4.69, 9.17) is 0 Å². The maximum absolute atomic E-state index is 12.0. The highest BCUT2D eigenvalue weighted by atomic mass is 19.3. The summed E-state index contributed by atoms with van der Waals surface area (Å²) in [6.07, 6.45) is 6.25. The van der Waals surface area contributed by atoms with E-state index in [-0.39, 0.29) is 0 Å². The number of rotatable bonds is 3. The van der Waals surface area contributed by atoms with Crippen LogP contribution in [-0.2, 0) is 6.42 Å². The lowest BCUT2D eigenvalue weighted by Crippen LogP contribution is -2.04. The van der Waals surface area contributed by atoms with Gasteiger partial charge in [-0.2, -0.15) is 8.78 Å². The van der Waals surface area contributed by atoms with E-state index in [1.807, 2.05) is 12.1 Å². The molecular weight excluding hydrogens is 218 g/mol. The Hall–Kier alpha value is -1.18. The quantitative estimate of drug-likeness (QED) is 0.688. The first kappa shape index (κ1) is 12.3. The smallest absolute Gasteiger partial charge is 0.174 e. The number of hydrogen-bond donors (Lipinski definition) is 0. The molecule has 1 aliphatic rings. The molecule has 1 fully saturated rings. The van der Waals surface area contributed by atoms with E-state index < -0.39 is 6.08 Å². The lowest BCUT2D eigenvalue weighted by atomic mass is 9.84. The van der Waals surface area contributed by atoms with Crippen molar-refractivity contribution in [3.63, 3.8) is 0 Å². The van der Waals surface area contributed by atoms with Gasteiger partial charge in [0.1, 0.15) is 0 Å². The third-order valence-corrected chi connectivity index (χ3v) is 3.55. The van der Waals surface area contributed by atoms with Crippen LogP contribution in [0.1, 0.15) is 49.1 Å². The van der Waals surface area contributed by atoms with Crippen LogP contribution in [0, 0.1) is 0 Å². The van der Waals surface area contributed by atoms with Crippen LogP contribution in [0.25, 0.3) is 0 Å². The molecule has 0 nitrogen and oxygen atoms in total. The fraction of sp³-hybridized carbons (Fsp3) is 0.467. The van der Waals surface area contributed by atoms with Gasteiger partial charge in [-0.15, -0.1) is 0 Å². The summed E-state index contributed by atoms with van der Waals surface area (Å²) < 4.78 is 23.9. The summed E-state index contributed by atoms with van der Waals surface area (Å²) in [7, 11) is 0. The standard InChI is InChI=1S/C15H18F2/c16-15(17)11-8-12-6-9-14(10-7-12)13-4-2-1-3-5-13/h6-7,9-11,13H,1-5,8H2. The van der Waals surface area contributed by atoms with Crippen LogP contribution in [0.4, 0.5) is 8.78 Å². The molecule has 0 radical (unpaired) electrons. The van der Waals surface area contributed by atoms with Gasteiger partial charge in [0.2, 0.25) is 0 Å². The zero-order chi connectivity index (χ0) is 12.1. The highest BCUT2D eigenvalue weighted by Gasteiger charge is 2.14. The number of halogens is 2. The second-order valence-electron chi connectivity index (χ2n) is 4.77. The predicted molar refractivity (Wildman–Crippen MR) is 66.3 cm³/mol. The van der Waals surface area contributed by atoms with Crippen LogP contribution in [0.3, 0.4) is 0 Å². The van der Waals surface area contributed by atoms with Crippen molar-refractivity contribution in [2.45, 2.75) is 44.4 Å². The van der Waals surface area contributed by atoms with Crippen LogP contribution >= 0.6 is 0 Å². The minimum Gasteiger partial charge on any atom is -0.174 e. The van der Waals surface area contributed by atoms with Gasteiger partial charge in [0, 0.05) is 0 Å². The Bertz CT molecular complexity index is 368. The van der Waals surface area contributed by atoms with Crippen molar-refractivity contribution in [3.05, 3.63) is 47.5 Å². The van der Waals surface area contributed by atoms with Crippen LogP contribution in [0.15, 0.2) is 36.4 Å². The Labute approximate surface area is 101 Å². The topological polar surface area (TPSA) is 0 Å². The van der Waals surface area contributed by atoms with Gasteiger partial charge in [0.05, 0.1) is 0 Å². The predicted octanol–water partition coefficient (Wildman–Crippen LogP) is 5.06. The summed E-state index contributed by atoms with van der Waals surface area (Å²) in [6, 6.07) is 8.16. The molecule has 1 aromatic carbocycles. The number of benzene rings is 1. The van der Waals surface area contributed by atoms with E-state index in [0.29, 0.717) is 12.3 Å². The van der Waals surface area contributed by atoms with Crippen molar-refractivity contribution in [2.75, 3.05) is 0 Å². The van der Waals surface area contributed by atoms with E-state index in [1.54, 1.807) is 0 Å². The van der Waals surface area contributed by atoms with Gasteiger partial charge in [0.15, 0.2) is 0 Å². The van der Waals surface area contributed by atoms with Crippen LogP contribution in [0.5, 0.6) is 0 Å². The third kappa shape index (κ3) is 3.65. The second-order valence-corrected chi connectivity index (χ2v) is 4.77. The minimum absolute atomic E-state index is 0.327. The fourth-order valence-electron chi connectivity index (χ4n) is 2.56. The van der Waals surface area contributed by atoms with E-state index in [9.17, 15) is 8.78 Å². The molecule has 0 aliphatic heterocycles. The maximum Gasteiger partial charge on any atom is 0.266 e. The molecule has 0 spiro atoms. The summed E-state index contributed by atoms with van der Waals surface area (Å²) in [5, 5.41) is 0. The molecule has 0 heterocycles. The Kier molecular flexibility index (Phi) is 4.29. The zero-order valence-electron chi connectivity index (χ0n) is 9.96. The van der Waals surface area contributed by atoms with Crippen LogP contribution in [-0.4, -0.2) is 0 Å². The molecule has 92 valence electrons. The molecule has 2 rings (SSSR count). The number of hydrogen-bond acceptors (Lipinski definition) is 0. The molecule has 1 saturated carbocycles. The summed E-state index contributed by atoms with van der Waals surface area (Å²) in [5.41, 5.74) is 2.33. The SMILES string of the molecule is FC(F)=CCc1ccc(C2CCCCC2)cc1. The second kappa shape index (κ2) is 5.95. The van der Waals surface area contributed by atoms with Gasteiger partial charge in [-0.25, -0.2) is 0 Å². The van der Waals surface area contributed by atoms with Gasteiger partial charge in [-0.1, -0.05) is 43.5 Å². The average Bonchev–Trinajstić information content (AvgIpc) is 2.38.